The first-order chi connectivity index (χ1) is 13.6. The number of amides is 1. The lowest BCUT2D eigenvalue weighted by atomic mass is 10.1. The third kappa shape index (κ3) is 4.01. The standard InChI is InChI=1S/C22H25N3O3/c1-5-12-25-18-9-7-6-8-17(18)24-22(25)15(2)23-21(26)14-16-10-11-19(27-3)20(13-16)28-4/h5-11,13,15H,1,12,14H2,2-4H3,(H,23,26). The maximum absolute atomic E-state index is 12.6. The van der Waals surface area contributed by atoms with Crippen LogP contribution in [-0.4, -0.2) is 29.7 Å². The second-order valence-electron chi connectivity index (χ2n) is 6.51. The fraction of sp³-hybridized carbons (Fsp3) is 0.273. The number of hydrogen-bond acceptors (Lipinski definition) is 4. The Balaban J connectivity index is 1.77. The Kier molecular flexibility index (Phi) is 5.99. The zero-order valence-corrected chi connectivity index (χ0v) is 16.4. The second-order valence-corrected chi connectivity index (χ2v) is 6.51. The first-order valence-corrected chi connectivity index (χ1v) is 9.13. The molecule has 0 aliphatic carbocycles. The Bertz CT molecular complexity index is 994. The van der Waals surface area contributed by atoms with E-state index in [0.29, 0.717) is 18.0 Å². The first kappa shape index (κ1) is 19.5. The summed E-state index contributed by atoms with van der Waals surface area (Å²) in [5.74, 6) is 1.96. The molecule has 6 nitrogen and oxygen atoms in total. The van der Waals surface area contributed by atoms with E-state index in [1.807, 2.05) is 49.4 Å². The highest BCUT2D eigenvalue weighted by molar-refractivity contribution is 5.80. The summed E-state index contributed by atoms with van der Waals surface area (Å²) in [6.45, 7) is 6.40. The molecule has 3 aromatic rings. The lowest BCUT2D eigenvalue weighted by Gasteiger charge is -2.16. The van der Waals surface area contributed by atoms with Gasteiger partial charge in [0.25, 0.3) is 0 Å². The van der Waals surface area contributed by atoms with Crippen molar-refractivity contribution in [2.45, 2.75) is 25.9 Å². The lowest BCUT2D eigenvalue weighted by molar-refractivity contribution is -0.121. The third-order valence-electron chi connectivity index (χ3n) is 4.57. The van der Waals surface area contributed by atoms with Crippen molar-refractivity contribution in [3.63, 3.8) is 0 Å². The summed E-state index contributed by atoms with van der Waals surface area (Å²) in [5.41, 5.74) is 2.78. The maximum atomic E-state index is 12.6. The van der Waals surface area contributed by atoms with E-state index in [1.54, 1.807) is 20.3 Å². The predicted molar refractivity (Wildman–Crippen MR) is 110 cm³/mol. The summed E-state index contributed by atoms with van der Waals surface area (Å²) in [6.07, 6.45) is 2.07. The van der Waals surface area contributed by atoms with Crippen LogP contribution in [0.4, 0.5) is 0 Å². The minimum atomic E-state index is -0.236. The quantitative estimate of drug-likeness (QED) is 0.607. The van der Waals surface area contributed by atoms with E-state index in [1.165, 1.54) is 0 Å². The lowest BCUT2D eigenvalue weighted by Crippen LogP contribution is -2.30. The smallest absolute Gasteiger partial charge is 0.224 e. The van der Waals surface area contributed by atoms with Crippen LogP contribution in [0.1, 0.15) is 24.4 Å². The molecule has 1 aromatic heterocycles. The van der Waals surface area contributed by atoms with Gasteiger partial charge in [-0.05, 0) is 36.8 Å². The molecule has 0 bridgehead atoms. The van der Waals surface area contributed by atoms with Crippen LogP contribution in [0.2, 0.25) is 0 Å². The molecule has 0 radical (unpaired) electrons. The molecule has 2 aromatic carbocycles. The molecule has 1 N–H and O–H groups in total. The molecular formula is C22H25N3O3. The van der Waals surface area contributed by atoms with Crippen LogP contribution in [0.5, 0.6) is 11.5 Å². The van der Waals surface area contributed by atoms with E-state index in [0.717, 1.165) is 22.4 Å². The van der Waals surface area contributed by atoms with Crippen LogP contribution < -0.4 is 14.8 Å². The van der Waals surface area contributed by atoms with Crippen LogP contribution in [0, 0.1) is 0 Å². The van der Waals surface area contributed by atoms with Crippen molar-refractivity contribution in [1.82, 2.24) is 14.9 Å². The van der Waals surface area contributed by atoms with Gasteiger partial charge < -0.3 is 19.4 Å². The van der Waals surface area contributed by atoms with Crippen molar-refractivity contribution < 1.29 is 14.3 Å². The zero-order valence-electron chi connectivity index (χ0n) is 16.4. The summed E-state index contributed by atoms with van der Waals surface area (Å²) in [7, 11) is 3.16. The van der Waals surface area contributed by atoms with E-state index in [2.05, 4.69) is 16.5 Å². The molecule has 0 aliphatic rings. The fourth-order valence-electron chi connectivity index (χ4n) is 3.28. The van der Waals surface area contributed by atoms with E-state index in [9.17, 15) is 4.79 Å². The minimum absolute atomic E-state index is 0.0862. The molecule has 0 saturated carbocycles. The van der Waals surface area contributed by atoms with Gasteiger partial charge in [-0.15, -0.1) is 6.58 Å². The summed E-state index contributed by atoms with van der Waals surface area (Å²) < 4.78 is 12.6. The van der Waals surface area contributed by atoms with Crippen molar-refractivity contribution in [2.24, 2.45) is 0 Å². The highest BCUT2D eigenvalue weighted by Crippen LogP contribution is 2.28. The van der Waals surface area contributed by atoms with Gasteiger partial charge in [-0.2, -0.15) is 0 Å². The molecule has 6 heteroatoms. The number of hydrogen-bond donors (Lipinski definition) is 1. The monoisotopic (exact) mass is 379 g/mol. The van der Waals surface area contributed by atoms with Crippen molar-refractivity contribution >= 4 is 16.9 Å². The molecule has 1 heterocycles. The number of para-hydroxylation sites is 2. The Morgan fingerprint density at radius 3 is 2.68 bits per heavy atom. The number of ether oxygens (including phenoxy) is 2. The second kappa shape index (κ2) is 8.61. The number of carbonyl (C=O) groups is 1. The molecule has 1 atom stereocenters. The van der Waals surface area contributed by atoms with Gasteiger partial charge in [-0.1, -0.05) is 24.3 Å². The maximum Gasteiger partial charge on any atom is 0.224 e. The van der Waals surface area contributed by atoms with Crippen LogP contribution in [0.3, 0.4) is 0 Å². The Morgan fingerprint density at radius 1 is 1.21 bits per heavy atom. The number of rotatable bonds is 8. The van der Waals surface area contributed by atoms with E-state index in [-0.39, 0.29) is 18.4 Å². The molecule has 1 amide bonds. The van der Waals surface area contributed by atoms with Gasteiger partial charge in [-0.25, -0.2) is 4.98 Å². The molecule has 146 valence electrons. The number of fused-ring (bicyclic) bond motifs is 1. The van der Waals surface area contributed by atoms with Crippen LogP contribution in [0.15, 0.2) is 55.1 Å². The van der Waals surface area contributed by atoms with Crippen molar-refractivity contribution in [3.05, 3.63) is 66.5 Å². The number of carbonyl (C=O) groups excluding carboxylic acids is 1. The topological polar surface area (TPSA) is 65.4 Å². The van der Waals surface area contributed by atoms with Gasteiger partial charge in [0.1, 0.15) is 5.82 Å². The van der Waals surface area contributed by atoms with Crippen LogP contribution in [0.25, 0.3) is 11.0 Å². The van der Waals surface area contributed by atoms with Gasteiger partial charge in [0.2, 0.25) is 5.91 Å². The molecular weight excluding hydrogens is 354 g/mol. The highest BCUT2D eigenvalue weighted by atomic mass is 16.5. The molecule has 3 rings (SSSR count). The largest absolute Gasteiger partial charge is 0.493 e. The van der Waals surface area contributed by atoms with Crippen LogP contribution >= 0.6 is 0 Å². The molecule has 0 saturated heterocycles. The summed E-state index contributed by atoms with van der Waals surface area (Å²) in [6, 6.07) is 13.2. The van der Waals surface area contributed by atoms with Crippen molar-refractivity contribution in [3.8, 4) is 11.5 Å². The molecule has 28 heavy (non-hydrogen) atoms. The summed E-state index contributed by atoms with van der Waals surface area (Å²) in [5, 5.41) is 3.04. The number of allylic oxidation sites excluding steroid dienone is 1. The highest BCUT2D eigenvalue weighted by Gasteiger charge is 2.18. The number of nitrogens with one attached hydrogen (secondary N) is 1. The van der Waals surface area contributed by atoms with E-state index < -0.39 is 0 Å². The van der Waals surface area contributed by atoms with Crippen LogP contribution in [-0.2, 0) is 17.8 Å². The van der Waals surface area contributed by atoms with E-state index >= 15 is 0 Å². The van der Waals surface area contributed by atoms with Gasteiger partial charge >= 0.3 is 0 Å². The van der Waals surface area contributed by atoms with Gasteiger partial charge in [0.05, 0.1) is 37.7 Å². The molecule has 0 fully saturated rings. The van der Waals surface area contributed by atoms with Crippen molar-refractivity contribution in [2.75, 3.05) is 14.2 Å². The average Bonchev–Trinajstić information content (AvgIpc) is 3.07. The minimum Gasteiger partial charge on any atom is -0.493 e. The molecule has 0 aliphatic heterocycles. The van der Waals surface area contributed by atoms with Gasteiger partial charge in [0.15, 0.2) is 11.5 Å². The Hall–Kier alpha value is -3.28. The van der Waals surface area contributed by atoms with E-state index in [4.69, 9.17) is 14.5 Å². The number of aromatic nitrogens is 2. The molecule has 1 unspecified atom stereocenters. The van der Waals surface area contributed by atoms with Gasteiger partial charge in [0, 0.05) is 6.54 Å². The Labute approximate surface area is 164 Å². The van der Waals surface area contributed by atoms with Crippen molar-refractivity contribution in [1.29, 1.82) is 0 Å². The summed E-state index contributed by atoms with van der Waals surface area (Å²) >= 11 is 0. The fourth-order valence-corrected chi connectivity index (χ4v) is 3.28. The average molecular weight is 379 g/mol. The van der Waals surface area contributed by atoms with Gasteiger partial charge in [-0.3, -0.25) is 4.79 Å². The summed E-state index contributed by atoms with van der Waals surface area (Å²) in [4.78, 5) is 17.3. The number of imidazole rings is 1. The first-order valence-electron chi connectivity index (χ1n) is 9.13. The Morgan fingerprint density at radius 2 is 1.96 bits per heavy atom. The number of nitrogens with zero attached hydrogens (tertiary/aromatic N) is 2. The number of benzene rings is 2. The zero-order chi connectivity index (χ0) is 20.1. The normalized spacial score (nSPS) is 11.8. The SMILES string of the molecule is C=CCn1c(C(C)NC(=O)Cc2ccc(OC)c(OC)c2)nc2ccccc21. The molecule has 0 spiro atoms. The number of methoxy groups -OCH3 is 2. The third-order valence-corrected chi connectivity index (χ3v) is 4.57. The predicted octanol–water partition coefficient (Wildman–Crippen LogP) is 3.66.